The maximum Gasteiger partial charge on any atom is 0.257 e. The van der Waals surface area contributed by atoms with E-state index in [0.717, 1.165) is 30.6 Å². The molecule has 6 nitrogen and oxygen atoms in total. The number of carbonyl (C=O) groups is 1. The number of ether oxygens (including phenoxy) is 1. The summed E-state index contributed by atoms with van der Waals surface area (Å²) in [5, 5.41) is 3.16. The zero-order chi connectivity index (χ0) is 20.1. The molecule has 2 atom stereocenters. The van der Waals surface area contributed by atoms with Crippen LogP contribution in [0.4, 0.5) is 5.95 Å². The molecule has 150 valence electrons. The lowest BCUT2D eigenvalue weighted by Gasteiger charge is -2.35. The highest BCUT2D eigenvalue weighted by Gasteiger charge is 2.28. The van der Waals surface area contributed by atoms with Crippen LogP contribution in [-0.2, 0) is 4.74 Å². The quantitative estimate of drug-likeness (QED) is 0.773. The Kier molecular flexibility index (Phi) is 6.62. The first-order valence-electron chi connectivity index (χ1n) is 9.94. The van der Waals surface area contributed by atoms with E-state index >= 15 is 0 Å². The van der Waals surface area contributed by atoms with Crippen LogP contribution >= 0.6 is 0 Å². The lowest BCUT2D eigenvalue weighted by molar-refractivity contribution is 0.0623. The van der Waals surface area contributed by atoms with Gasteiger partial charge in [-0.1, -0.05) is 37.6 Å². The number of nitrogens with one attached hydrogen (secondary N) is 1. The summed E-state index contributed by atoms with van der Waals surface area (Å²) in [4.78, 5) is 24.4. The predicted molar refractivity (Wildman–Crippen MR) is 111 cm³/mol. The number of aryl methyl sites for hydroxylation is 1. The molecule has 0 spiro atoms. The first-order chi connectivity index (χ1) is 13.5. The lowest BCUT2D eigenvalue weighted by Crippen LogP contribution is -2.42. The van der Waals surface area contributed by atoms with Gasteiger partial charge in [0.05, 0.1) is 17.9 Å². The summed E-state index contributed by atoms with van der Waals surface area (Å²) in [6.45, 7) is 9.19. The molecule has 1 aliphatic rings. The van der Waals surface area contributed by atoms with Crippen LogP contribution in [0.5, 0.6) is 0 Å². The number of rotatable bonds is 6. The third kappa shape index (κ3) is 4.87. The molecule has 0 saturated carbocycles. The van der Waals surface area contributed by atoms with Crippen LogP contribution in [0, 0.1) is 18.8 Å². The van der Waals surface area contributed by atoms with Gasteiger partial charge in [-0.2, -0.15) is 0 Å². The van der Waals surface area contributed by atoms with E-state index in [1.54, 1.807) is 13.3 Å². The van der Waals surface area contributed by atoms with E-state index < -0.39 is 0 Å². The van der Waals surface area contributed by atoms with Crippen molar-refractivity contribution in [3.05, 3.63) is 41.6 Å². The van der Waals surface area contributed by atoms with Crippen molar-refractivity contribution in [3.8, 4) is 11.3 Å². The van der Waals surface area contributed by atoms with Gasteiger partial charge >= 0.3 is 0 Å². The Labute approximate surface area is 167 Å². The fourth-order valence-electron chi connectivity index (χ4n) is 3.90. The van der Waals surface area contributed by atoms with Gasteiger partial charge in [0.1, 0.15) is 0 Å². The average Bonchev–Trinajstić information content (AvgIpc) is 2.67. The minimum atomic E-state index is 0.0124. The van der Waals surface area contributed by atoms with Crippen LogP contribution in [0.1, 0.15) is 36.2 Å². The van der Waals surface area contributed by atoms with E-state index in [9.17, 15) is 4.79 Å². The first-order valence-corrected chi connectivity index (χ1v) is 9.94. The maximum atomic E-state index is 13.3. The molecule has 0 bridgehead atoms. The van der Waals surface area contributed by atoms with E-state index in [-0.39, 0.29) is 5.91 Å². The minimum Gasteiger partial charge on any atom is -0.383 e. The molecular weight excluding hydrogens is 352 g/mol. The Morgan fingerprint density at radius 2 is 2.04 bits per heavy atom. The molecule has 2 heterocycles. The van der Waals surface area contributed by atoms with Crippen molar-refractivity contribution in [2.75, 3.05) is 38.7 Å². The maximum absolute atomic E-state index is 13.3. The smallest absolute Gasteiger partial charge is 0.257 e. The molecule has 1 amide bonds. The molecule has 28 heavy (non-hydrogen) atoms. The number of hydrogen-bond acceptors (Lipinski definition) is 5. The number of nitrogens with zero attached hydrogens (tertiary/aromatic N) is 3. The van der Waals surface area contributed by atoms with E-state index in [0.29, 0.717) is 42.2 Å². The topological polar surface area (TPSA) is 67.3 Å². The predicted octanol–water partition coefficient (Wildman–Crippen LogP) is 3.63. The molecule has 1 aliphatic heterocycles. The summed E-state index contributed by atoms with van der Waals surface area (Å²) in [7, 11) is 1.66. The van der Waals surface area contributed by atoms with Gasteiger partial charge in [0.25, 0.3) is 5.91 Å². The summed E-state index contributed by atoms with van der Waals surface area (Å²) in [6.07, 6.45) is 2.82. The number of amides is 1. The van der Waals surface area contributed by atoms with Crippen molar-refractivity contribution < 1.29 is 9.53 Å². The van der Waals surface area contributed by atoms with Crippen LogP contribution in [-0.4, -0.2) is 54.1 Å². The molecule has 1 aromatic carbocycles. The number of hydrogen-bond donors (Lipinski definition) is 1. The summed E-state index contributed by atoms with van der Waals surface area (Å²) < 4.78 is 5.08. The molecule has 0 aliphatic carbocycles. The van der Waals surface area contributed by atoms with Gasteiger partial charge in [0, 0.05) is 38.5 Å². The Morgan fingerprint density at radius 3 is 2.71 bits per heavy atom. The number of anilines is 1. The SMILES string of the molecule is COCCNc1ncc(C(=O)N2CC(C)CC(C)C2)c(-c2cccc(C)c2)n1. The van der Waals surface area contributed by atoms with Gasteiger partial charge < -0.3 is 15.0 Å². The second-order valence-electron chi connectivity index (χ2n) is 7.90. The van der Waals surface area contributed by atoms with E-state index in [4.69, 9.17) is 4.74 Å². The van der Waals surface area contributed by atoms with Gasteiger partial charge in [-0.3, -0.25) is 4.79 Å². The zero-order valence-electron chi connectivity index (χ0n) is 17.2. The summed E-state index contributed by atoms with van der Waals surface area (Å²) >= 11 is 0. The molecule has 0 radical (unpaired) electrons. The van der Waals surface area contributed by atoms with Gasteiger partial charge in [0.2, 0.25) is 5.95 Å². The van der Waals surface area contributed by atoms with Crippen molar-refractivity contribution in [1.29, 1.82) is 0 Å². The molecule has 6 heteroatoms. The number of likely N-dealkylation sites (tertiary alicyclic amines) is 1. The molecule has 2 aromatic rings. The van der Waals surface area contributed by atoms with Crippen molar-refractivity contribution >= 4 is 11.9 Å². The molecule has 2 unspecified atom stereocenters. The average molecular weight is 383 g/mol. The van der Waals surface area contributed by atoms with E-state index in [1.807, 2.05) is 30.0 Å². The van der Waals surface area contributed by atoms with Crippen LogP contribution in [0.15, 0.2) is 30.5 Å². The van der Waals surface area contributed by atoms with Crippen molar-refractivity contribution in [2.45, 2.75) is 27.2 Å². The third-order valence-corrected chi connectivity index (χ3v) is 5.06. The van der Waals surface area contributed by atoms with Gasteiger partial charge in [-0.05, 0) is 31.2 Å². The largest absolute Gasteiger partial charge is 0.383 e. The Morgan fingerprint density at radius 1 is 1.29 bits per heavy atom. The standard InChI is InChI=1S/C22H30N4O2/c1-15-6-5-7-18(11-15)20-19(12-24-22(25-20)23-8-9-28-4)21(27)26-13-16(2)10-17(3)14-26/h5-7,11-12,16-17H,8-10,13-14H2,1-4H3,(H,23,24,25). The number of aromatic nitrogens is 2. The van der Waals surface area contributed by atoms with E-state index in [2.05, 4.69) is 35.2 Å². The molecule has 1 N–H and O–H groups in total. The molecular formula is C22H30N4O2. The van der Waals surface area contributed by atoms with Crippen molar-refractivity contribution in [3.63, 3.8) is 0 Å². The van der Waals surface area contributed by atoms with Crippen LogP contribution < -0.4 is 5.32 Å². The van der Waals surface area contributed by atoms with Crippen LogP contribution in [0.25, 0.3) is 11.3 Å². The molecule has 1 saturated heterocycles. The molecule has 3 rings (SSSR count). The fraction of sp³-hybridized carbons (Fsp3) is 0.500. The van der Waals surface area contributed by atoms with Gasteiger partial charge in [0.15, 0.2) is 0 Å². The third-order valence-electron chi connectivity index (χ3n) is 5.06. The molecule has 1 fully saturated rings. The summed E-state index contributed by atoms with van der Waals surface area (Å²) in [5.41, 5.74) is 3.29. The number of benzene rings is 1. The normalized spacial score (nSPS) is 19.5. The van der Waals surface area contributed by atoms with Gasteiger partial charge in [-0.25, -0.2) is 9.97 Å². The highest BCUT2D eigenvalue weighted by molar-refractivity contribution is 6.00. The van der Waals surface area contributed by atoms with E-state index in [1.165, 1.54) is 0 Å². The Hall–Kier alpha value is -2.47. The van der Waals surface area contributed by atoms with Crippen LogP contribution in [0.3, 0.4) is 0 Å². The number of piperidine rings is 1. The monoisotopic (exact) mass is 382 g/mol. The zero-order valence-corrected chi connectivity index (χ0v) is 17.2. The highest BCUT2D eigenvalue weighted by atomic mass is 16.5. The number of carbonyl (C=O) groups excluding carboxylic acids is 1. The minimum absolute atomic E-state index is 0.0124. The second kappa shape index (κ2) is 9.15. The number of methoxy groups -OCH3 is 1. The summed E-state index contributed by atoms with van der Waals surface area (Å²) in [6, 6.07) is 8.08. The fourth-order valence-corrected chi connectivity index (χ4v) is 3.90. The van der Waals surface area contributed by atoms with Gasteiger partial charge in [-0.15, -0.1) is 0 Å². The lowest BCUT2D eigenvalue weighted by atomic mass is 9.91. The van der Waals surface area contributed by atoms with Crippen molar-refractivity contribution in [1.82, 2.24) is 14.9 Å². The second-order valence-corrected chi connectivity index (χ2v) is 7.90. The Bertz CT molecular complexity index is 814. The summed E-state index contributed by atoms with van der Waals surface area (Å²) in [5.74, 6) is 1.53. The Balaban J connectivity index is 1.96. The molecule has 1 aromatic heterocycles. The van der Waals surface area contributed by atoms with Crippen LogP contribution in [0.2, 0.25) is 0 Å². The highest BCUT2D eigenvalue weighted by Crippen LogP contribution is 2.27. The van der Waals surface area contributed by atoms with Crippen molar-refractivity contribution in [2.24, 2.45) is 11.8 Å². The first kappa shape index (κ1) is 20.3.